The molecule has 0 aliphatic heterocycles. The third-order valence-electron chi connectivity index (χ3n) is 10.8. The Morgan fingerprint density at radius 3 is 2.55 bits per heavy atom. The number of ketones is 1. The second-order valence-electron chi connectivity index (χ2n) is 13.0. The minimum atomic E-state index is -0.774. The number of hydrogen-bond donors (Lipinski definition) is 2. The molecule has 0 saturated heterocycles. The molecule has 1 aromatic rings. The van der Waals surface area contributed by atoms with Crippen molar-refractivity contribution in [2.45, 2.75) is 103 Å². The number of pyridine rings is 1. The topological polar surface area (TPSA) is 105 Å². The van der Waals surface area contributed by atoms with Crippen LogP contribution in [0.25, 0.3) is 0 Å². The lowest BCUT2D eigenvalue weighted by atomic mass is 9.44. The van der Waals surface area contributed by atoms with Crippen molar-refractivity contribution in [3.63, 3.8) is 0 Å². The first-order valence-corrected chi connectivity index (χ1v) is 15.7. The molecule has 0 radical (unpaired) electrons. The first kappa shape index (κ1) is 30.8. The Morgan fingerprint density at radius 1 is 1.20 bits per heavy atom. The average molecular weight is 573 g/mol. The number of rotatable bonds is 10. The highest BCUT2D eigenvalue weighted by Gasteiger charge is 2.68. The zero-order chi connectivity index (χ0) is 29.3. The summed E-state index contributed by atoms with van der Waals surface area (Å²) in [5, 5.41) is 20.4. The molecule has 4 rings (SSSR count). The van der Waals surface area contributed by atoms with Crippen molar-refractivity contribution in [2.75, 3.05) is 5.75 Å². The van der Waals surface area contributed by atoms with Crippen LogP contribution in [0.2, 0.25) is 0 Å². The van der Waals surface area contributed by atoms with Crippen LogP contribution < -0.4 is 4.57 Å². The number of aliphatic carboxylic acids is 1. The van der Waals surface area contributed by atoms with Gasteiger partial charge in [-0.25, -0.2) is 4.57 Å². The van der Waals surface area contributed by atoms with Gasteiger partial charge in [-0.2, -0.15) is 0 Å². The van der Waals surface area contributed by atoms with E-state index in [1.54, 1.807) is 0 Å². The van der Waals surface area contributed by atoms with Crippen molar-refractivity contribution in [3.8, 4) is 0 Å². The summed E-state index contributed by atoms with van der Waals surface area (Å²) in [6.07, 6.45) is 9.74. The van der Waals surface area contributed by atoms with E-state index in [4.69, 9.17) is 9.84 Å². The van der Waals surface area contributed by atoms with Crippen molar-refractivity contribution >= 4 is 29.5 Å². The van der Waals surface area contributed by atoms with Gasteiger partial charge in [0.05, 0.1) is 11.9 Å². The summed E-state index contributed by atoms with van der Waals surface area (Å²) in [5.74, 6) is -0.760. The van der Waals surface area contributed by atoms with Gasteiger partial charge in [0.15, 0.2) is 12.4 Å². The fourth-order valence-corrected chi connectivity index (χ4v) is 8.76. The number of carbonyl (C=O) groups is 3. The maximum Gasteiger partial charge on any atom is 0.316 e. The fourth-order valence-electron chi connectivity index (χ4n) is 8.10. The fraction of sp³-hybridized carbons (Fsp3) is 0.688. The minimum Gasteiger partial charge on any atom is -0.481 e. The normalized spacial score (nSPS) is 37.2. The standard InChI is InChI=1S/C32H45NO6S/c1-6-30(4)19-25(31(5)21(2)10-14-32(22(3)29(30)38)15-11-24(34)28(31)32)39-27(37)20-40-23-12-17-33(18-13-23)16-8-7-9-26(35)36/h6,12-13,17-18,21-22,25,28-29,38H,1,7-11,14-16,19-20H2,2-5H3/p+1/t21-,22+,25-,28+,29+,30-,31+,32+/m1/s1. The van der Waals surface area contributed by atoms with Crippen molar-refractivity contribution in [1.82, 2.24) is 0 Å². The van der Waals surface area contributed by atoms with Crippen molar-refractivity contribution < 1.29 is 33.9 Å². The molecule has 8 atom stereocenters. The van der Waals surface area contributed by atoms with E-state index >= 15 is 0 Å². The Kier molecular flexibility index (Phi) is 9.20. The molecule has 220 valence electrons. The van der Waals surface area contributed by atoms with Gasteiger partial charge < -0.3 is 14.9 Å². The molecular formula is C32H46NO6S+. The number of carboxylic acids is 1. The SMILES string of the molecule is C=C[C@]1(C)C[C@@H](OC(=O)CSc2cc[n+](CCCCC(=O)O)cc2)[C@]2(C)[C@H](C)CC[C@]3(CCC(=O)[C@H]32)[C@@H](C)[C@@H]1O. The Morgan fingerprint density at radius 2 is 1.90 bits per heavy atom. The molecule has 1 aromatic heterocycles. The summed E-state index contributed by atoms with van der Waals surface area (Å²) in [5.41, 5.74) is -1.43. The number of ether oxygens (including phenoxy) is 1. The van der Waals surface area contributed by atoms with Crippen LogP contribution in [-0.4, -0.2) is 45.9 Å². The molecule has 3 aliphatic carbocycles. The zero-order valence-electron chi connectivity index (χ0n) is 24.4. The van der Waals surface area contributed by atoms with Crippen LogP contribution in [0.1, 0.15) is 79.1 Å². The number of unbranched alkanes of at least 4 members (excludes halogenated alkanes) is 1. The molecule has 8 heteroatoms. The number of carboxylic acid groups (broad SMARTS) is 1. The van der Waals surface area contributed by atoms with E-state index in [0.29, 0.717) is 19.3 Å². The molecule has 3 fully saturated rings. The molecule has 2 bridgehead atoms. The smallest absolute Gasteiger partial charge is 0.316 e. The Labute approximate surface area is 242 Å². The maximum atomic E-state index is 13.5. The molecule has 3 saturated carbocycles. The van der Waals surface area contributed by atoms with Crippen LogP contribution in [-0.2, 0) is 25.7 Å². The summed E-state index contributed by atoms with van der Waals surface area (Å²) in [7, 11) is 0. The van der Waals surface area contributed by atoms with Gasteiger partial charge in [-0.05, 0) is 49.4 Å². The predicted octanol–water partition coefficient (Wildman–Crippen LogP) is 5.23. The number of aliphatic hydroxyl groups excluding tert-OH is 1. The number of aromatic nitrogens is 1. The Balaban J connectivity index is 1.49. The Bertz CT molecular complexity index is 1120. The van der Waals surface area contributed by atoms with Crippen LogP contribution in [0.3, 0.4) is 0 Å². The van der Waals surface area contributed by atoms with E-state index in [9.17, 15) is 19.5 Å². The maximum absolute atomic E-state index is 13.5. The molecule has 0 amide bonds. The first-order chi connectivity index (χ1) is 18.9. The van der Waals surface area contributed by atoms with E-state index in [0.717, 1.165) is 37.1 Å². The summed E-state index contributed by atoms with van der Waals surface area (Å²) in [6, 6.07) is 3.90. The predicted molar refractivity (Wildman–Crippen MR) is 153 cm³/mol. The zero-order valence-corrected chi connectivity index (χ0v) is 25.3. The third kappa shape index (κ3) is 5.63. The van der Waals surface area contributed by atoms with E-state index in [-0.39, 0.29) is 47.1 Å². The number of aliphatic hydroxyl groups is 1. The summed E-state index contributed by atoms with van der Waals surface area (Å²) >= 11 is 1.41. The summed E-state index contributed by atoms with van der Waals surface area (Å²) in [4.78, 5) is 38.5. The second-order valence-corrected chi connectivity index (χ2v) is 14.0. The van der Waals surface area contributed by atoms with E-state index in [1.165, 1.54) is 11.8 Å². The number of aryl methyl sites for hydroxylation is 1. The highest BCUT2D eigenvalue weighted by atomic mass is 32.2. The molecule has 7 nitrogen and oxygen atoms in total. The van der Waals surface area contributed by atoms with Gasteiger partial charge in [0, 0.05) is 53.0 Å². The molecule has 0 unspecified atom stereocenters. The Hall–Kier alpha value is -2.19. The number of esters is 1. The van der Waals surface area contributed by atoms with Crippen molar-refractivity contribution in [1.29, 1.82) is 0 Å². The quantitative estimate of drug-likeness (QED) is 0.130. The van der Waals surface area contributed by atoms with E-state index < -0.39 is 29.0 Å². The molecule has 3 aliphatic rings. The highest BCUT2D eigenvalue weighted by Crippen LogP contribution is 2.68. The van der Waals surface area contributed by atoms with Crippen LogP contribution >= 0.6 is 11.8 Å². The van der Waals surface area contributed by atoms with Gasteiger partial charge >= 0.3 is 11.9 Å². The van der Waals surface area contributed by atoms with Gasteiger partial charge in [0.1, 0.15) is 18.4 Å². The molecular weight excluding hydrogens is 526 g/mol. The summed E-state index contributed by atoms with van der Waals surface area (Å²) in [6.45, 7) is 13.3. The largest absolute Gasteiger partial charge is 0.481 e. The van der Waals surface area contributed by atoms with Crippen LogP contribution in [0, 0.1) is 34.0 Å². The number of hydrogen-bond acceptors (Lipinski definition) is 6. The molecule has 0 aromatic carbocycles. The summed E-state index contributed by atoms with van der Waals surface area (Å²) < 4.78 is 8.34. The van der Waals surface area contributed by atoms with Gasteiger partial charge in [-0.15, -0.1) is 18.3 Å². The van der Waals surface area contributed by atoms with Gasteiger partial charge in [-0.3, -0.25) is 14.4 Å². The number of Topliss-reactive ketones (excluding diaryl/α,β-unsaturated/α-hetero) is 1. The first-order valence-electron chi connectivity index (χ1n) is 14.7. The van der Waals surface area contributed by atoms with Gasteiger partial charge in [0.25, 0.3) is 0 Å². The highest BCUT2D eigenvalue weighted by molar-refractivity contribution is 8.00. The third-order valence-corrected chi connectivity index (χ3v) is 11.8. The van der Waals surface area contributed by atoms with Crippen LogP contribution in [0.15, 0.2) is 42.1 Å². The average Bonchev–Trinajstić information content (AvgIpc) is 3.29. The van der Waals surface area contributed by atoms with E-state index in [2.05, 4.69) is 27.4 Å². The van der Waals surface area contributed by atoms with Gasteiger partial charge in [0.2, 0.25) is 0 Å². The van der Waals surface area contributed by atoms with E-state index in [1.807, 2.05) is 42.1 Å². The molecule has 1 heterocycles. The lowest BCUT2D eigenvalue weighted by molar-refractivity contribution is -0.697. The minimum absolute atomic E-state index is 0.0519. The molecule has 2 N–H and O–H groups in total. The lowest BCUT2D eigenvalue weighted by Gasteiger charge is -2.61. The van der Waals surface area contributed by atoms with Crippen LogP contribution in [0.5, 0.6) is 0 Å². The molecule has 40 heavy (non-hydrogen) atoms. The van der Waals surface area contributed by atoms with Crippen molar-refractivity contribution in [2.24, 2.45) is 34.0 Å². The number of carbonyl (C=O) groups excluding carboxylic acids is 2. The van der Waals surface area contributed by atoms with Crippen LogP contribution in [0.4, 0.5) is 0 Å². The van der Waals surface area contributed by atoms with Gasteiger partial charge in [-0.1, -0.05) is 33.8 Å². The molecule has 0 spiro atoms. The number of nitrogens with zero attached hydrogens (tertiary/aromatic N) is 1. The monoisotopic (exact) mass is 572 g/mol. The lowest BCUT2D eigenvalue weighted by Crippen LogP contribution is -2.63. The second kappa shape index (κ2) is 12.0. The number of thioether (sulfide) groups is 1. The van der Waals surface area contributed by atoms with Crippen molar-refractivity contribution in [3.05, 3.63) is 37.2 Å².